The molecule has 4 nitrogen and oxygen atoms in total. The standard InChI is InChI=1S/C20H19F3N2O2/c1-2-5-12-6-3-8-14-13(12)7-4-9-16(14)24-18(26)15-10-11-17(20(21,22)23)25-19(15)27/h2-3,6,8,10-11,16H,1,4-5,7,9H2,(H,24,26)(H,25,27). The van der Waals surface area contributed by atoms with E-state index in [1.54, 1.807) is 4.98 Å². The number of rotatable bonds is 4. The second kappa shape index (κ2) is 7.42. The lowest BCUT2D eigenvalue weighted by atomic mass is 9.84. The van der Waals surface area contributed by atoms with E-state index >= 15 is 0 Å². The quantitative estimate of drug-likeness (QED) is 0.795. The van der Waals surface area contributed by atoms with Gasteiger partial charge in [0.05, 0.1) is 6.04 Å². The summed E-state index contributed by atoms with van der Waals surface area (Å²) in [4.78, 5) is 26.1. The number of pyridine rings is 1. The molecule has 0 fully saturated rings. The molecule has 0 saturated carbocycles. The van der Waals surface area contributed by atoms with Gasteiger partial charge in [0, 0.05) is 0 Å². The Morgan fingerprint density at radius 1 is 1.30 bits per heavy atom. The van der Waals surface area contributed by atoms with Crippen LogP contribution < -0.4 is 10.9 Å². The van der Waals surface area contributed by atoms with Crippen LogP contribution in [0.3, 0.4) is 0 Å². The van der Waals surface area contributed by atoms with Gasteiger partial charge < -0.3 is 10.3 Å². The number of amides is 1. The molecule has 1 atom stereocenters. The molecule has 1 aromatic heterocycles. The lowest BCUT2D eigenvalue weighted by molar-refractivity contribution is -0.141. The predicted octanol–water partition coefficient (Wildman–Crippen LogP) is 3.93. The largest absolute Gasteiger partial charge is 0.431 e. The second-order valence-corrected chi connectivity index (χ2v) is 6.51. The number of carbonyl (C=O) groups excluding carboxylic acids is 1. The molecule has 1 heterocycles. The minimum absolute atomic E-state index is 0.285. The molecule has 0 bridgehead atoms. The normalized spacial score (nSPS) is 16.5. The zero-order valence-corrected chi connectivity index (χ0v) is 14.5. The Balaban J connectivity index is 1.85. The highest BCUT2D eigenvalue weighted by atomic mass is 19.4. The maximum absolute atomic E-state index is 12.7. The molecular weight excluding hydrogens is 357 g/mol. The Morgan fingerprint density at radius 3 is 2.74 bits per heavy atom. The van der Waals surface area contributed by atoms with Gasteiger partial charge in [-0.2, -0.15) is 13.2 Å². The molecule has 27 heavy (non-hydrogen) atoms. The van der Waals surface area contributed by atoms with Crippen LogP contribution in [-0.4, -0.2) is 10.9 Å². The van der Waals surface area contributed by atoms with E-state index in [-0.39, 0.29) is 11.6 Å². The third kappa shape index (κ3) is 3.97. The number of benzene rings is 1. The van der Waals surface area contributed by atoms with Crippen LogP contribution in [-0.2, 0) is 19.0 Å². The molecule has 0 aliphatic heterocycles. The maximum Gasteiger partial charge on any atom is 0.431 e. The van der Waals surface area contributed by atoms with E-state index in [0.29, 0.717) is 12.5 Å². The van der Waals surface area contributed by atoms with Crippen molar-refractivity contribution in [3.63, 3.8) is 0 Å². The highest BCUT2D eigenvalue weighted by molar-refractivity contribution is 5.94. The minimum atomic E-state index is -4.67. The number of halogens is 3. The molecule has 0 spiro atoms. The van der Waals surface area contributed by atoms with Crippen molar-refractivity contribution in [3.8, 4) is 0 Å². The predicted molar refractivity (Wildman–Crippen MR) is 95.6 cm³/mol. The van der Waals surface area contributed by atoms with E-state index in [9.17, 15) is 22.8 Å². The maximum atomic E-state index is 12.7. The molecule has 1 aliphatic rings. The molecule has 3 rings (SSSR count). The number of hydrogen-bond acceptors (Lipinski definition) is 2. The van der Waals surface area contributed by atoms with Crippen LogP contribution in [0.1, 0.15) is 51.6 Å². The van der Waals surface area contributed by atoms with Crippen molar-refractivity contribution < 1.29 is 18.0 Å². The topological polar surface area (TPSA) is 62.0 Å². The van der Waals surface area contributed by atoms with Gasteiger partial charge in [-0.1, -0.05) is 24.3 Å². The van der Waals surface area contributed by atoms with E-state index in [0.717, 1.165) is 42.0 Å². The molecular formula is C20H19F3N2O2. The number of fused-ring (bicyclic) bond motifs is 1. The van der Waals surface area contributed by atoms with Gasteiger partial charge in [-0.25, -0.2) is 0 Å². The van der Waals surface area contributed by atoms with Crippen molar-refractivity contribution in [1.29, 1.82) is 0 Å². The molecule has 142 valence electrons. The highest BCUT2D eigenvalue weighted by Crippen LogP contribution is 2.32. The average molecular weight is 376 g/mol. The van der Waals surface area contributed by atoms with E-state index < -0.39 is 23.3 Å². The zero-order chi connectivity index (χ0) is 19.6. The number of aromatic nitrogens is 1. The van der Waals surface area contributed by atoms with Gasteiger partial charge in [-0.3, -0.25) is 9.59 Å². The minimum Gasteiger partial charge on any atom is -0.345 e. The first-order valence-electron chi connectivity index (χ1n) is 8.64. The Kier molecular flexibility index (Phi) is 5.21. The number of carbonyl (C=O) groups is 1. The number of nitrogens with one attached hydrogen (secondary N) is 2. The third-order valence-corrected chi connectivity index (χ3v) is 4.73. The average Bonchev–Trinajstić information content (AvgIpc) is 2.61. The van der Waals surface area contributed by atoms with Gasteiger partial charge in [0.1, 0.15) is 11.3 Å². The summed E-state index contributed by atoms with van der Waals surface area (Å²) in [6.07, 6.45) is 0.344. The van der Waals surface area contributed by atoms with Gasteiger partial charge in [-0.15, -0.1) is 6.58 Å². The fourth-order valence-corrected chi connectivity index (χ4v) is 3.47. The summed E-state index contributed by atoms with van der Waals surface area (Å²) in [7, 11) is 0. The van der Waals surface area contributed by atoms with Gasteiger partial charge in [0.15, 0.2) is 0 Å². The van der Waals surface area contributed by atoms with Crippen LogP contribution in [0.25, 0.3) is 0 Å². The monoisotopic (exact) mass is 376 g/mol. The van der Waals surface area contributed by atoms with E-state index in [1.807, 2.05) is 24.3 Å². The molecule has 2 aromatic rings. The number of aromatic amines is 1. The van der Waals surface area contributed by atoms with Crippen LogP contribution >= 0.6 is 0 Å². The molecule has 1 aliphatic carbocycles. The fourth-order valence-electron chi connectivity index (χ4n) is 3.47. The summed E-state index contributed by atoms with van der Waals surface area (Å²) < 4.78 is 38.0. The Bertz CT molecular complexity index is 932. The van der Waals surface area contributed by atoms with Crippen molar-refractivity contribution in [1.82, 2.24) is 10.3 Å². The van der Waals surface area contributed by atoms with Gasteiger partial charge in [0.2, 0.25) is 0 Å². The summed E-state index contributed by atoms with van der Waals surface area (Å²) in [6, 6.07) is 7.19. The summed E-state index contributed by atoms with van der Waals surface area (Å²) in [5.41, 5.74) is 0.721. The molecule has 0 saturated heterocycles. The van der Waals surface area contributed by atoms with Gasteiger partial charge in [0.25, 0.3) is 11.5 Å². The van der Waals surface area contributed by atoms with Crippen LogP contribution in [0.4, 0.5) is 13.2 Å². The second-order valence-electron chi connectivity index (χ2n) is 6.51. The fraction of sp³-hybridized carbons (Fsp3) is 0.300. The van der Waals surface area contributed by atoms with Gasteiger partial charge >= 0.3 is 6.18 Å². The Labute approximate surface area is 154 Å². The van der Waals surface area contributed by atoms with Crippen molar-refractivity contribution in [2.45, 2.75) is 37.9 Å². The van der Waals surface area contributed by atoms with E-state index in [1.165, 1.54) is 0 Å². The Hall–Kier alpha value is -2.83. The summed E-state index contributed by atoms with van der Waals surface area (Å²) in [5, 5.41) is 2.79. The molecule has 1 amide bonds. The smallest absolute Gasteiger partial charge is 0.345 e. The lowest BCUT2D eigenvalue weighted by Gasteiger charge is -2.28. The first-order valence-corrected chi connectivity index (χ1v) is 8.64. The number of H-pyrrole nitrogens is 1. The number of hydrogen-bond donors (Lipinski definition) is 2. The van der Waals surface area contributed by atoms with Crippen molar-refractivity contribution in [2.75, 3.05) is 0 Å². The molecule has 0 radical (unpaired) electrons. The first kappa shape index (κ1) is 18.9. The van der Waals surface area contributed by atoms with Crippen molar-refractivity contribution >= 4 is 5.91 Å². The van der Waals surface area contributed by atoms with Crippen LogP contribution in [0.5, 0.6) is 0 Å². The lowest BCUT2D eigenvalue weighted by Crippen LogP contribution is -2.35. The summed E-state index contributed by atoms with van der Waals surface area (Å²) in [5.74, 6) is -0.683. The SMILES string of the molecule is C=CCc1cccc2c1CCCC2NC(=O)c1ccc(C(F)(F)F)[nH]c1=O. The third-order valence-electron chi connectivity index (χ3n) is 4.73. The Morgan fingerprint density at radius 2 is 2.07 bits per heavy atom. The van der Waals surface area contributed by atoms with Gasteiger partial charge in [-0.05, 0) is 54.5 Å². The molecule has 1 aromatic carbocycles. The van der Waals surface area contributed by atoms with Crippen LogP contribution in [0.15, 0.2) is 47.8 Å². The zero-order valence-electron chi connectivity index (χ0n) is 14.5. The molecule has 7 heteroatoms. The van der Waals surface area contributed by atoms with E-state index in [2.05, 4.69) is 11.9 Å². The molecule has 2 N–H and O–H groups in total. The molecule has 1 unspecified atom stereocenters. The first-order chi connectivity index (χ1) is 12.8. The number of alkyl halides is 3. The van der Waals surface area contributed by atoms with Crippen molar-refractivity contribution in [2.24, 2.45) is 0 Å². The summed E-state index contributed by atoms with van der Waals surface area (Å²) in [6.45, 7) is 3.76. The number of allylic oxidation sites excluding steroid dienone is 1. The van der Waals surface area contributed by atoms with Crippen LogP contribution in [0.2, 0.25) is 0 Å². The van der Waals surface area contributed by atoms with Crippen LogP contribution in [0, 0.1) is 0 Å². The summed E-state index contributed by atoms with van der Waals surface area (Å²) >= 11 is 0. The van der Waals surface area contributed by atoms with E-state index in [4.69, 9.17) is 0 Å². The van der Waals surface area contributed by atoms with Crippen molar-refractivity contribution in [3.05, 3.63) is 81.3 Å². The highest BCUT2D eigenvalue weighted by Gasteiger charge is 2.32.